The number of aromatic nitrogens is 2. The molecule has 1 rings (SSSR count). The molecular weight excluding hydrogens is 204 g/mol. The maximum atomic E-state index is 11.4. The molecule has 0 aliphatic carbocycles. The van der Waals surface area contributed by atoms with Crippen molar-refractivity contribution in [2.45, 2.75) is 24.5 Å². The van der Waals surface area contributed by atoms with Gasteiger partial charge in [-0.3, -0.25) is 4.79 Å². The van der Waals surface area contributed by atoms with Crippen molar-refractivity contribution < 1.29 is 13.9 Å². The van der Waals surface area contributed by atoms with Gasteiger partial charge in [0.05, 0.1) is 7.11 Å². The molecule has 0 spiro atoms. The molecule has 0 fully saturated rings. The molecule has 0 aliphatic heterocycles. The van der Waals surface area contributed by atoms with Crippen LogP contribution in [0.2, 0.25) is 0 Å². The van der Waals surface area contributed by atoms with Crippen LogP contribution in [0, 0.1) is 0 Å². The van der Waals surface area contributed by atoms with E-state index in [4.69, 9.17) is 4.42 Å². The highest BCUT2D eigenvalue weighted by molar-refractivity contribution is 7.98. The summed E-state index contributed by atoms with van der Waals surface area (Å²) in [4.78, 5) is 11.4. The normalized spacial score (nSPS) is 11.4. The number of hydrogen-bond donors (Lipinski definition) is 0. The third kappa shape index (κ3) is 1.89. The van der Waals surface area contributed by atoms with E-state index in [1.165, 1.54) is 18.9 Å². The van der Waals surface area contributed by atoms with Gasteiger partial charge in [0, 0.05) is 0 Å². The Balaban J connectivity index is 2.97. The molecule has 0 saturated heterocycles. The van der Waals surface area contributed by atoms with E-state index in [0.717, 1.165) is 0 Å². The number of rotatable bonds is 3. The summed E-state index contributed by atoms with van der Waals surface area (Å²) in [5.41, 5.74) is -0.893. The first-order valence-corrected chi connectivity index (χ1v) is 5.21. The predicted molar refractivity (Wildman–Crippen MR) is 51.1 cm³/mol. The van der Waals surface area contributed by atoms with Crippen LogP contribution >= 0.6 is 11.8 Å². The van der Waals surface area contributed by atoms with Crippen molar-refractivity contribution in [3.8, 4) is 0 Å². The summed E-state index contributed by atoms with van der Waals surface area (Å²) in [6.07, 6.45) is 1.82. The molecule has 0 atom stereocenters. The van der Waals surface area contributed by atoms with Crippen molar-refractivity contribution in [2.75, 3.05) is 13.4 Å². The largest absolute Gasteiger partial charge is 0.468 e. The first-order chi connectivity index (χ1) is 6.52. The monoisotopic (exact) mass is 216 g/mol. The van der Waals surface area contributed by atoms with E-state index in [0.29, 0.717) is 5.22 Å². The fourth-order valence-corrected chi connectivity index (χ4v) is 1.17. The van der Waals surface area contributed by atoms with E-state index >= 15 is 0 Å². The van der Waals surface area contributed by atoms with Crippen LogP contribution < -0.4 is 0 Å². The fraction of sp³-hybridized carbons (Fsp3) is 0.625. The van der Waals surface area contributed by atoms with Crippen molar-refractivity contribution in [2.24, 2.45) is 0 Å². The zero-order valence-corrected chi connectivity index (χ0v) is 9.34. The SMILES string of the molecule is COC(=O)C(C)(C)c1nnc(SC)o1. The van der Waals surface area contributed by atoms with E-state index in [-0.39, 0.29) is 5.89 Å². The Morgan fingerprint density at radius 1 is 1.50 bits per heavy atom. The van der Waals surface area contributed by atoms with E-state index in [9.17, 15) is 4.79 Å². The minimum atomic E-state index is -0.893. The van der Waals surface area contributed by atoms with Crippen molar-refractivity contribution in [1.29, 1.82) is 0 Å². The van der Waals surface area contributed by atoms with Gasteiger partial charge in [0.1, 0.15) is 5.41 Å². The molecule has 0 unspecified atom stereocenters. The smallest absolute Gasteiger partial charge is 0.320 e. The second-order valence-corrected chi connectivity index (χ2v) is 3.95. The molecule has 5 nitrogen and oxygen atoms in total. The number of thioether (sulfide) groups is 1. The summed E-state index contributed by atoms with van der Waals surface area (Å²) in [7, 11) is 1.33. The molecule has 1 aromatic rings. The predicted octanol–water partition coefficient (Wildman–Crippen LogP) is 1.24. The average Bonchev–Trinajstić information content (AvgIpc) is 2.65. The first kappa shape index (κ1) is 11.0. The highest BCUT2D eigenvalue weighted by Gasteiger charge is 2.36. The molecule has 0 radical (unpaired) electrons. The summed E-state index contributed by atoms with van der Waals surface area (Å²) < 4.78 is 9.90. The highest BCUT2D eigenvalue weighted by Crippen LogP contribution is 2.25. The molecule has 78 valence electrons. The molecule has 1 aromatic heterocycles. The van der Waals surface area contributed by atoms with Crippen molar-refractivity contribution in [1.82, 2.24) is 10.2 Å². The van der Waals surface area contributed by atoms with Crippen molar-refractivity contribution >= 4 is 17.7 Å². The van der Waals surface area contributed by atoms with E-state index in [1.807, 2.05) is 6.26 Å². The lowest BCUT2D eigenvalue weighted by Gasteiger charge is -2.15. The lowest BCUT2D eigenvalue weighted by Crippen LogP contribution is -2.30. The van der Waals surface area contributed by atoms with Gasteiger partial charge < -0.3 is 9.15 Å². The van der Waals surface area contributed by atoms with Gasteiger partial charge in [0.25, 0.3) is 5.22 Å². The maximum Gasteiger partial charge on any atom is 0.320 e. The van der Waals surface area contributed by atoms with Crippen LogP contribution in [0.25, 0.3) is 0 Å². The number of ether oxygens (including phenoxy) is 1. The Hall–Kier alpha value is -1.04. The van der Waals surface area contributed by atoms with Crippen LogP contribution in [0.1, 0.15) is 19.7 Å². The van der Waals surface area contributed by atoms with Crippen LogP contribution in [-0.2, 0) is 14.9 Å². The zero-order chi connectivity index (χ0) is 10.8. The summed E-state index contributed by atoms with van der Waals surface area (Å²) in [5.74, 6) is -0.123. The minimum Gasteiger partial charge on any atom is -0.468 e. The standard InChI is InChI=1S/C8H12N2O3S/c1-8(2,6(11)12-3)5-9-10-7(13-5)14-4/h1-4H3. The Kier molecular flexibility index (Phi) is 3.15. The second-order valence-electron chi connectivity index (χ2n) is 3.19. The van der Waals surface area contributed by atoms with Gasteiger partial charge in [0.15, 0.2) is 0 Å². The molecular formula is C8H12N2O3S. The molecule has 6 heteroatoms. The van der Waals surface area contributed by atoms with Crippen LogP contribution in [-0.4, -0.2) is 29.5 Å². The topological polar surface area (TPSA) is 65.2 Å². The number of nitrogens with zero attached hydrogens (tertiary/aromatic N) is 2. The lowest BCUT2D eigenvalue weighted by atomic mass is 9.94. The first-order valence-electron chi connectivity index (χ1n) is 3.98. The van der Waals surface area contributed by atoms with Crippen LogP contribution in [0.4, 0.5) is 0 Å². The van der Waals surface area contributed by atoms with Crippen molar-refractivity contribution in [3.05, 3.63) is 5.89 Å². The summed E-state index contributed by atoms with van der Waals surface area (Å²) in [6.45, 7) is 3.35. The number of hydrogen-bond acceptors (Lipinski definition) is 6. The Labute approximate surface area is 86.2 Å². The second kappa shape index (κ2) is 4.00. The third-order valence-corrected chi connectivity index (χ3v) is 2.33. The zero-order valence-electron chi connectivity index (χ0n) is 8.53. The van der Waals surface area contributed by atoms with Gasteiger partial charge >= 0.3 is 5.97 Å². The summed E-state index contributed by atoms with van der Waals surface area (Å²) >= 11 is 1.33. The lowest BCUT2D eigenvalue weighted by molar-refractivity contribution is -0.147. The Morgan fingerprint density at radius 3 is 2.57 bits per heavy atom. The quantitative estimate of drug-likeness (QED) is 0.559. The van der Waals surface area contributed by atoms with Gasteiger partial charge in [-0.05, 0) is 20.1 Å². The number of methoxy groups -OCH3 is 1. The third-order valence-electron chi connectivity index (χ3n) is 1.81. The average molecular weight is 216 g/mol. The number of esters is 1. The number of carbonyl (C=O) groups excluding carboxylic acids is 1. The maximum absolute atomic E-state index is 11.4. The van der Waals surface area contributed by atoms with Gasteiger partial charge in [-0.25, -0.2) is 0 Å². The summed E-state index contributed by atoms with van der Waals surface area (Å²) in [6, 6.07) is 0. The minimum absolute atomic E-state index is 0.272. The molecule has 0 aromatic carbocycles. The van der Waals surface area contributed by atoms with E-state index in [2.05, 4.69) is 14.9 Å². The number of carbonyl (C=O) groups is 1. The van der Waals surface area contributed by atoms with Crippen LogP contribution in [0.15, 0.2) is 9.64 Å². The Bertz CT molecular complexity index is 335. The van der Waals surface area contributed by atoms with Gasteiger partial charge in [-0.15, -0.1) is 10.2 Å². The van der Waals surface area contributed by atoms with Gasteiger partial charge in [-0.1, -0.05) is 11.8 Å². The van der Waals surface area contributed by atoms with Crippen LogP contribution in [0.5, 0.6) is 0 Å². The molecule has 14 heavy (non-hydrogen) atoms. The van der Waals surface area contributed by atoms with E-state index < -0.39 is 11.4 Å². The molecule has 0 amide bonds. The fourth-order valence-electron chi connectivity index (χ4n) is 0.887. The highest BCUT2D eigenvalue weighted by atomic mass is 32.2. The molecule has 0 aliphatic rings. The van der Waals surface area contributed by atoms with E-state index in [1.54, 1.807) is 13.8 Å². The molecule has 1 heterocycles. The van der Waals surface area contributed by atoms with Gasteiger partial charge in [0.2, 0.25) is 5.89 Å². The van der Waals surface area contributed by atoms with Crippen molar-refractivity contribution in [3.63, 3.8) is 0 Å². The molecule has 0 bridgehead atoms. The molecule has 0 N–H and O–H groups in total. The summed E-state index contributed by atoms with van der Waals surface area (Å²) in [5, 5.41) is 7.99. The van der Waals surface area contributed by atoms with Crippen LogP contribution in [0.3, 0.4) is 0 Å². The van der Waals surface area contributed by atoms with Gasteiger partial charge in [-0.2, -0.15) is 0 Å². The molecule has 0 saturated carbocycles. The Morgan fingerprint density at radius 2 is 2.14 bits per heavy atom.